The number of hydrogen-bond acceptors (Lipinski definition) is 7. The standard InChI is InChI=1S/C23H26FN5O2S/c24-18-12-25-6-5-19(18)28-9-7-27(8-10-28)13-15-1-2-16-14-29(23(32)17(16)11-15)20-3-4-21(30)26-22(20)31/h1-2,5-6,11-12,20,23,32H,3-4,7-10,13-14H2,(H,26,30,31). The number of nitrogens with one attached hydrogen (secondary N) is 1. The number of aromatic nitrogens is 1. The van der Waals surface area contributed by atoms with E-state index in [1.165, 1.54) is 17.3 Å². The minimum atomic E-state index is -0.326. The van der Waals surface area contributed by atoms with Crippen molar-refractivity contribution in [2.45, 2.75) is 37.3 Å². The zero-order chi connectivity index (χ0) is 22.2. The molecule has 2 unspecified atom stereocenters. The highest BCUT2D eigenvalue weighted by Crippen LogP contribution is 2.39. The average molecular weight is 456 g/mol. The number of pyridine rings is 1. The molecule has 7 nitrogen and oxygen atoms in total. The lowest BCUT2D eigenvalue weighted by Gasteiger charge is -2.36. The van der Waals surface area contributed by atoms with Gasteiger partial charge in [0, 0.05) is 51.9 Å². The van der Waals surface area contributed by atoms with E-state index in [4.69, 9.17) is 12.6 Å². The summed E-state index contributed by atoms with van der Waals surface area (Å²) < 4.78 is 14.0. The number of halogens is 1. The molecule has 0 aliphatic carbocycles. The molecule has 1 N–H and O–H groups in total. The van der Waals surface area contributed by atoms with Crippen molar-refractivity contribution in [3.63, 3.8) is 0 Å². The van der Waals surface area contributed by atoms with E-state index < -0.39 is 0 Å². The van der Waals surface area contributed by atoms with Crippen molar-refractivity contribution in [3.05, 3.63) is 59.2 Å². The van der Waals surface area contributed by atoms with Gasteiger partial charge in [-0.05, 0) is 29.2 Å². The molecule has 0 spiro atoms. The number of carbonyl (C=O) groups is 2. The van der Waals surface area contributed by atoms with E-state index >= 15 is 0 Å². The van der Waals surface area contributed by atoms with Gasteiger partial charge < -0.3 is 4.90 Å². The first-order chi connectivity index (χ1) is 15.5. The molecule has 168 valence electrons. The first-order valence-corrected chi connectivity index (χ1v) is 11.5. The highest BCUT2D eigenvalue weighted by atomic mass is 32.1. The van der Waals surface area contributed by atoms with Crippen LogP contribution < -0.4 is 10.2 Å². The molecule has 4 heterocycles. The number of thiol groups is 1. The molecule has 2 saturated heterocycles. The van der Waals surface area contributed by atoms with E-state index in [0.29, 0.717) is 25.1 Å². The van der Waals surface area contributed by atoms with Crippen LogP contribution in [0.4, 0.5) is 10.1 Å². The Morgan fingerprint density at radius 1 is 1.16 bits per heavy atom. The Bertz CT molecular complexity index is 1040. The minimum absolute atomic E-state index is 0.166. The Kier molecular flexibility index (Phi) is 5.88. The van der Waals surface area contributed by atoms with Crippen molar-refractivity contribution in [1.82, 2.24) is 20.1 Å². The summed E-state index contributed by atoms with van der Waals surface area (Å²) in [6, 6.07) is 7.86. The van der Waals surface area contributed by atoms with Gasteiger partial charge in [-0.3, -0.25) is 29.7 Å². The number of rotatable bonds is 4. The van der Waals surface area contributed by atoms with Gasteiger partial charge in [-0.15, -0.1) is 0 Å². The van der Waals surface area contributed by atoms with Crippen LogP contribution in [0.3, 0.4) is 0 Å². The topological polar surface area (TPSA) is 68.8 Å². The molecule has 0 saturated carbocycles. The average Bonchev–Trinajstić information content (AvgIpc) is 3.11. The monoisotopic (exact) mass is 455 g/mol. The van der Waals surface area contributed by atoms with Gasteiger partial charge in [0.05, 0.1) is 23.3 Å². The number of piperidine rings is 1. The molecular formula is C23H26FN5O2S. The quantitative estimate of drug-likeness (QED) is 0.544. The number of fused-ring (bicyclic) bond motifs is 1. The fourth-order valence-corrected chi connectivity index (χ4v) is 5.38. The molecule has 2 fully saturated rings. The highest BCUT2D eigenvalue weighted by Gasteiger charge is 2.39. The summed E-state index contributed by atoms with van der Waals surface area (Å²) in [5.74, 6) is -0.704. The van der Waals surface area contributed by atoms with Gasteiger partial charge in [0.2, 0.25) is 11.8 Å². The Hall–Kier alpha value is -2.49. The van der Waals surface area contributed by atoms with Crippen LogP contribution in [0.15, 0.2) is 36.7 Å². The first-order valence-electron chi connectivity index (χ1n) is 11.0. The summed E-state index contributed by atoms with van der Waals surface area (Å²) in [5.41, 5.74) is 4.13. The van der Waals surface area contributed by atoms with Gasteiger partial charge in [0.1, 0.15) is 0 Å². The van der Waals surface area contributed by atoms with Crippen molar-refractivity contribution in [2.75, 3.05) is 31.1 Å². The lowest BCUT2D eigenvalue weighted by Crippen LogP contribution is -2.51. The van der Waals surface area contributed by atoms with Crippen molar-refractivity contribution < 1.29 is 14.0 Å². The number of hydrogen-bond donors (Lipinski definition) is 2. The Labute approximate surface area is 192 Å². The van der Waals surface area contributed by atoms with Gasteiger partial charge in [-0.1, -0.05) is 18.2 Å². The summed E-state index contributed by atoms with van der Waals surface area (Å²) in [5, 5.41) is 2.28. The zero-order valence-corrected chi connectivity index (χ0v) is 18.6. The second kappa shape index (κ2) is 8.80. The molecule has 32 heavy (non-hydrogen) atoms. The van der Waals surface area contributed by atoms with E-state index in [0.717, 1.165) is 38.3 Å². The van der Waals surface area contributed by atoms with Gasteiger partial charge in [-0.2, -0.15) is 12.6 Å². The summed E-state index contributed by atoms with van der Waals surface area (Å²) in [6.45, 7) is 4.72. The second-order valence-corrected chi connectivity index (χ2v) is 9.13. The van der Waals surface area contributed by atoms with E-state index in [2.05, 4.69) is 43.2 Å². The fraction of sp³-hybridized carbons (Fsp3) is 0.435. The van der Waals surface area contributed by atoms with Crippen molar-refractivity contribution in [3.8, 4) is 0 Å². The number of amides is 2. The molecule has 0 radical (unpaired) electrons. The molecule has 1 aromatic carbocycles. The molecule has 0 bridgehead atoms. The Morgan fingerprint density at radius 2 is 1.97 bits per heavy atom. The van der Waals surface area contributed by atoms with E-state index in [-0.39, 0.29) is 29.0 Å². The second-order valence-electron chi connectivity index (χ2n) is 8.64. The van der Waals surface area contributed by atoms with Crippen LogP contribution in [0.2, 0.25) is 0 Å². The Morgan fingerprint density at radius 3 is 2.72 bits per heavy atom. The number of imide groups is 1. The van der Waals surface area contributed by atoms with Crippen LogP contribution in [-0.2, 0) is 22.7 Å². The fourth-order valence-electron chi connectivity index (χ4n) is 4.90. The van der Waals surface area contributed by atoms with Crippen LogP contribution >= 0.6 is 12.6 Å². The van der Waals surface area contributed by atoms with E-state index in [9.17, 15) is 14.0 Å². The molecule has 5 rings (SSSR count). The maximum atomic E-state index is 14.0. The Balaban J connectivity index is 1.22. The maximum absolute atomic E-state index is 14.0. The third kappa shape index (κ3) is 4.12. The number of anilines is 1. The third-order valence-corrected chi connectivity index (χ3v) is 7.21. The lowest BCUT2D eigenvalue weighted by atomic mass is 10.0. The SMILES string of the molecule is O=C1CCC(N2Cc3ccc(CN4CCN(c5ccncc5F)CC4)cc3C2S)C(=O)N1. The van der Waals surface area contributed by atoms with Crippen LogP contribution in [-0.4, -0.2) is 58.8 Å². The van der Waals surface area contributed by atoms with Crippen molar-refractivity contribution in [2.24, 2.45) is 0 Å². The number of piperazine rings is 1. The zero-order valence-electron chi connectivity index (χ0n) is 17.7. The van der Waals surface area contributed by atoms with Crippen LogP contribution in [0.5, 0.6) is 0 Å². The molecule has 9 heteroatoms. The molecule has 2 amide bonds. The highest BCUT2D eigenvalue weighted by molar-refractivity contribution is 7.80. The number of nitrogens with zero attached hydrogens (tertiary/aromatic N) is 4. The molecular weight excluding hydrogens is 429 g/mol. The summed E-state index contributed by atoms with van der Waals surface area (Å²) in [6.07, 6.45) is 3.79. The van der Waals surface area contributed by atoms with Gasteiger partial charge in [0.25, 0.3) is 0 Å². The van der Waals surface area contributed by atoms with Crippen LogP contribution in [0.25, 0.3) is 0 Å². The first kappa shape index (κ1) is 21.4. The molecule has 2 atom stereocenters. The molecule has 3 aliphatic rings. The normalized spacial score (nSPS) is 24.5. The number of benzene rings is 1. The van der Waals surface area contributed by atoms with Crippen LogP contribution in [0, 0.1) is 5.82 Å². The van der Waals surface area contributed by atoms with Gasteiger partial charge >= 0.3 is 0 Å². The molecule has 1 aromatic heterocycles. The summed E-state index contributed by atoms with van der Waals surface area (Å²) in [7, 11) is 0. The van der Waals surface area contributed by atoms with Crippen molar-refractivity contribution in [1.29, 1.82) is 0 Å². The number of carbonyl (C=O) groups excluding carboxylic acids is 2. The third-order valence-electron chi connectivity index (χ3n) is 6.64. The largest absolute Gasteiger partial charge is 0.367 e. The summed E-state index contributed by atoms with van der Waals surface area (Å²) >= 11 is 4.82. The predicted octanol–water partition coefficient (Wildman–Crippen LogP) is 2.09. The smallest absolute Gasteiger partial charge is 0.243 e. The van der Waals surface area contributed by atoms with Gasteiger partial charge in [0.15, 0.2) is 5.82 Å². The van der Waals surface area contributed by atoms with E-state index in [1.54, 1.807) is 12.3 Å². The van der Waals surface area contributed by atoms with Crippen LogP contribution in [0.1, 0.15) is 34.9 Å². The lowest BCUT2D eigenvalue weighted by molar-refractivity contribution is -0.137. The van der Waals surface area contributed by atoms with Gasteiger partial charge in [-0.25, -0.2) is 4.39 Å². The van der Waals surface area contributed by atoms with E-state index in [1.807, 2.05) is 0 Å². The van der Waals surface area contributed by atoms with Crippen molar-refractivity contribution >= 4 is 30.1 Å². The molecule has 3 aliphatic heterocycles. The molecule has 2 aromatic rings. The summed E-state index contributed by atoms with van der Waals surface area (Å²) in [4.78, 5) is 34.1. The maximum Gasteiger partial charge on any atom is 0.243 e. The predicted molar refractivity (Wildman–Crippen MR) is 122 cm³/mol. The minimum Gasteiger partial charge on any atom is -0.367 e.